The quantitative estimate of drug-likeness (QED) is 0.406. The van der Waals surface area contributed by atoms with Crippen molar-refractivity contribution in [1.29, 1.82) is 0 Å². The molecule has 10 heteroatoms. The van der Waals surface area contributed by atoms with Crippen LogP contribution in [0.25, 0.3) is 0 Å². The van der Waals surface area contributed by atoms with Gasteiger partial charge in [0.1, 0.15) is 17.1 Å². The summed E-state index contributed by atoms with van der Waals surface area (Å²) in [4.78, 5) is 41.2. The molecule has 0 aromatic carbocycles. The monoisotopic (exact) mass is 566 g/mol. The van der Waals surface area contributed by atoms with Crippen molar-refractivity contribution in [1.82, 2.24) is 15.0 Å². The van der Waals surface area contributed by atoms with Crippen LogP contribution in [0.3, 0.4) is 0 Å². The summed E-state index contributed by atoms with van der Waals surface area (Å²) < 4.78 is 0. The van der Waals surface area contributed by atoms with Crippen molar-refractivity contribution in [3.05, 3.63) is 90.3 Å². The molecule has 0 amide bonds. The van der Waals surface area contributed by atoms with Crippen LogP contribution in [0, 0.1) is 0 Å². The van der Waals surface area contributed by atoms with Gasteiger partial charge in [-0.05, 0) is 36.4 Å². The molecular weight excluding hydrogens is 551 g/mol. The third-order valence-corrected chi connectivity index (χ3v) is 2.65. The molecule has 149 valence electrons. The van der Waals surface area contributed by atoms with Crippen LogP contribution >= 0.6 is 0 Å². The maximum Gasteiger partial charge on any atom is 0.354 e. The van der Waals surface area contributed by atoms with E-state index in [-0.39, 0.29) is 39.5 Å². The van der Waals surface area contributed by atoms with Crippen LogP contribution in [0.1, 0.15) is 31.5 Å². The summed E-state index contributed by atoms with van der Waals surface area (Å²) in [5, 5.41) is 25.0. The Bertz CT molecular complexity index is 747. The van der Waals surface area contributed by atoms with Gasteiger partial charge in [0.15, 0.2) is 0 Å². The predicted molar refractivity (Wildman–Crippen MR) is 93.6 cm³/mol. The Morgan fingerprint density at radius 3 is 0.893 bits per heavy atom. The van der Waals surface area contributed by atoms with E-state index in [4.69, 9.17) is 15.3 Å². The molecule has 0 aliphatic carbocycles. The normalized spacial score (nSPS) is 8.57. The molecule has 3 rings (SSSR count). The Labute approximate surface area is 175 Å². The van der Waals surface area contributed by atoms with Gasteiger partial charge in [0, 0.05) is 41.0 Å². The van der Waals surface area contributed by atoms with Crippen molar-refractivity contribution in [3.8, 4) is 0 Å². The number of carboxylic acids is 3. The van der Waals surface area contributed by atoms with Crippen LogP contribution in [0.2, 0.25) is 0 Å². The topological polar surface area (TPSA) is 151 Å². The summed E-state index contributed by atoms with van der Waals surface area (Å²) in [5.74, 6) is -2.97. The Morgan fingerprint density at radius 2 is 0.786 bits per heavy atom. The fourth-order valence-electron chi connectivity index (χ4n) is 1.47. The number of pyridine rings is 3. The van der Waals surface area contributed by atoms with Crippen molar-refractivity contribution < 1.29 is 52.1 Å². The third-order valence-electron chi connectivity index (χ3n) is 2.65. The van der Waals surface area contributed by atoms with Gasteiger partial charge in [0.25, 0.3) is 0 Å². The van der Waals surface area contributed by atoms with Crippen LogP contribution in [-0.4, -0.2) is 48.2 Å². The smallest absolute Gasteiger partial charge is 0.354 e. The molecule has 0 bridgehead atoms. The van der Waals surface area contributed by atoms with E-state index in [9.17, 15) is 14.4 Å². The molecule has 3 N–H and O–H groups in total. The van der Waals surface area contributed by atoms with Crippen LogP contribution in [0.5, 0.6) is 0 Å². The van der Waals surface area contributed by atoms with Crippen LogP contribution in [-0.2, 0) is 22.4 Å². The molecule has 1 radical (unpaired) electrons. The van der Waals surface area contributed by atoms with Gasteiger partial charge in [-0.2, -0.15) is 0 Å². The number of rotatable bonds is 3. The van der Waals surface area contributed by atoms with Gasteiger partial charge < -0.3 is 15.3 Å². The maximum absolute atomic E-state index is 10.1. The fourth-order valence-corrected chi connectivity index (χ4v) is 1.47. The summed E-state index contributed by atoms with van der Waals surface area (Å²) >= 11 is 0. The zero-order chi connectivity index (χ0) is 20.1. The minimum absolute atomic E-state index is 0. The average molecular weight is 566 g/mol. The van der Waals surface area contributed by atoms with Crippen molar-refractivity contribution in [2.75, 3.05) is 0 Å². The van der Waals surface area contributed by atoms with Crippen molar-refractivity contribution in [3.63, 3.8) is 0 Å². The van der Waals surface area contributed by atoms with Gasteiger partial charge >= 0.3 is 17.9 Å². The SMILES string of the molecule is O=C(O)c1ccccn1.O=C(O)c1ccccn1.O=C(O)c1ccccn1.[Au]. The molecule has 28 heavy (non-hydrogen) atoms. The van der Waals surface area contributed by atoms with Gasteiger partial charge in [0.05, 0.1) is 0 Å². The van der Waals surface area contributed by atoms with Gasteiger partial charge in [-0.1, -0.05) is 18.2 Å². The first kappa shape index (κ1) is 24.6. The van der Waals surface area contributed by atoms with E-state index >= 15 is 0 Å². The molecule has 0 atom stereocenters. The second kappa shape index (κ2) is 13.8. The molecule has 0 spiro atoms. The largest absolute Gasteiger partial charge is 0.477 e. The zero-order valence-corrected chi connectivity index (χ0v) is 16.3. The van der Waals surface area contributed by atoms with E-state index in [1.807, 2.05) is 0 Å². The zero-order valence-electron chi connectivity index (χ0n) is 14.1. The molecule has 0 saturated carbocycles. The fraction of sp³-hybridized carbons (Fsp3) is 0. The number of aromatic carboxylic acids is 3. The number of hydrogen-bond acceptors (Lipinski definition) is 6. The molecule has 3 aromatic rings. The van der Waals surface area contributed by atoms with E-state index in [1.165, 1.54) is 36.8 Å². The van der Waals surface area contributed by atoms with E-state index < -0.39 is 17.9 Å². The molecule has 9 nitrogen and oxygen atoms in total. The summed E-state index contributed by atoms with van der Waals surface area (Å²) in [6.07, 6.45) is 4.34. The van der Waals surface area contributed by atoms with Crippen LogP contribution in [0.4, 0.5) is 0 Å². The number of aromatic nitrogens is 3. The first-order valence-electron chi connectivity index (χ1n) is 7.34. The Morgan fingerprint density at radius 1 is 0.536 bits per heavy atom. The van der Waals surface area contributed by atoms with E-state index in [0.29, 0.717) is 0 Å². The molecule has 0 saturated heterocycles. The second-order valence-electron chi connectivity index (χ2n) is 4.56. The molecular formula is C18H15AuN3O6. The molecule has 0 aliphatic heterocycles. The van der Waals surface area contributed by atoms with E-state index in [1.54, 1.807) is 36.4 Å². The summed E-state index contributed by atoms with van der Waals surface area (Å²) in [7, 11) is 0. The second-order valence-corrected chi connectivity index (χ2v) is 4.56. The van der Waals surface area contributed by atoms with Crippen LogP contribution in [0.15, 0.2) is 73.2 Å². The Hall–Kier alpha value is -3.40. The first-order chi connectivity index (χ1) is 12.9. The minimum Gasteiger partial charge on any atom is -0.477 e. The Kier molecular flexibility index (Phi) is 12.1. The molecule has 0 unspecified atom stereocenters. The standard InChI is InChI=1S/3C6H5NO2.Au/c3*8-6(9)5-3-1-2-4-7-5;/h3*1-4H,(H,8,9);. The minimum atomic E-state index is -0.990. The maximum atomic E-state index is 10.1. The average Bonchev–Trinajstić information content (AvgIpc) is 2.71. The number of nitrogens with zero attached hydrogens (tertiary/aromatic N) is 3. The van der Waals surface area contributed by atoms with Gasteiger partial charge in [0.2, 0.25) is 0 Å². The predicted octanol–water partition coefficient (Wildman–Crippen LogP) is 2.34. The number of carboxylic acid groups (broad SMARTS) is 3. The van der Waals surface area contributed by atoms with Crippen LogP contribution < -0.4 is 0 Å². The molecule has 0 fully saturated rings. The van der Waals surface area contributed by atoms with E-state index in [0.717, 1.165) is 0 Å². The van der Waals surface area contributed by atoms with Crippen molar-refractivity contribution in [2.45, 2.75) is 0 Å². The summed E-state index contributed by atoms with van der Waals surface area (Å²) in [5.41, 5.74) is 0.243. The molecule has 0 aliphatic rings. The van der Waals surface area contributed by atoms with Gasteiger partial charge in [-0.15, -0.1) is 0 Å². The number of carbonyl (C=O) groups is 3. The van der Waals surface area contributed by atoms with Gasteiger partial charge in [-0.25, -0.2) is 29.3 Å². The number of hydrogen-bond donors (Lipinski definition) is 3. The molecule has 3 heterocycles. The summed E-state index contributed by atoms with van der Waals surface area (Å²) in [6, 6.07) is 14.3. The van der Waals surface area contributed by atoms with Crippen molar-refractivity contribution >= 4 is 17.9 Å². The Balaban J connectivity index is 0.000000384. The molecule has 3 aromatic heterocycles. The van der Waals surface area contributed by atoms with E-state index in [2.05, 4.69) is 15.0 Å². The van der Waals surface area contributed by atoms with Gasteiger partial charge in [-0.3, -0.25) is 0 Å². The third kappa shape index (κ3) is 9.92. The van der Waals surface area contributed by atoms with Crippen molar-refractivity contribution in [2.24, 2.45) is 0 Å². The first-order valence-corrected chi connectivity index (χ1v) is 7.34. The summed E-state index contributed by atoms with van der Waals surface area (Å²) in [6.45, 7) is 0.